The minimum absolute atomic E-state index is 0.0662. The third-order valence-electron chi connectivity index (χ3n) is 4.15. The molecule has 1 saturated heterocycles. The van der Waals surface area contributed by atoms with Crippen LogP contribution in [0.1, 0.15) is 28.0 Å². The van der Waals surface area contributed by atoms with Gasteiger partial charge in [-0.25, -0.2) is 18.4 Å². The summed E-state index contributed by atoms with van der Waals surface area (Å²) < 4.78 is 23.1. The van der Waals surface area contributed by atoms with Gasteiger partial charge in [-0.1, -0.05) is 17.7 Å². The highest BCUT2D eigenvalue weighted by Crippen LogP contribution is 2.27. The molecule has 3 rings (SSSR count). The van der Waals surface area contributed by atoms with Gasteiger partial charge in [0.25, 0.3) is 5.91 Å². The molecule has 138 valence electrons. The average molecular weight is 395 g/mol. The lowest BCUT2D eigenvalue weighted by molar-refractivity contribution is 0.102. The van der Waals surface area contributed by atoms with E-state index in [1.807, 2.05) is 19.9 Å². The van der Waals surface area contributed by atoms with Crippen molar-refractivity contribution in [3.8, 4) is 0 Å². The second-order valence-electron chi connectivity index (χ2n) is 6.43. The van der Waals surface area contributed by atoms with Crippen molar-refractivity contribution in [2.75, 3.05) is 22.1 Å². The lowest BCUT2D eigenvalue weighted by atomic mass is 10.1. The Labute approximate surface area is 157 Å². The first kappa shape index (κ1) is 18.6. The van der Waals surface area contributed by atoms with Crippen LogP contribution in [0.3, 0.4) is 0 Å². The maximum absolute atomic E-state index is 12.5. The van der Waals surface area contributed by atoms with Crippen molar-refractivity contribution in [2.45, 2.75) is 26.3 Å². The van der Waals surface area contributed by atoms with Crippen LogP contribution in [0.15, 0.2) is 24.5 Å². The molecule has 26 heavy (non-hydrogen) atoms. The molecular formula is C17H19ClN4O3S. The number of nitrogens with zero attached hydrogens (tertiary/aromatic N) is 2. The SMILES string of the molecule is Cc1cc(C)c(NC(=O)c2cc(NC3CCS(=O)(=O)C3)ncn2)c(Cl)c1. The summed E-state index contributed by atoms with van der Waals surface area (Å²) in [5, 5.41) is 6.28. The van der Waals surface area contributed by atoms with Gasteiger partial charge < -0.3 is 10.6 Å². The molecule has 0 bridgehead atoms. The highest BCUT2D eigenvalue weighted by molar-refractivity contribution is 7.91. The van der Waals surface area contributed by atoms with Gasteiger partial charge in [0.15, 0.2) is 9.84 Å². The molecule has 2 N–H and O–H groups in total. The molecule has 9 heteroatoms. The molecule has 0 saturated carbocycles. The molecule has 2 heterocycles. The third kappa shape index (κ3) is 4.31. The largest absolute Gasteiger partial charge is 0.366 e. The molecule has 1 fully saturated rings. The smallest absolute Gasteiger partial charge is 0.274 e. The molecule has 1 aromatic heterocycles. The molecule has 0 aliphatic carbocycles. The lowest BCUT2D eigenvalue weighted by Gasteiger charge is -2.13. The Morgan fingerprint density at radius 1 is 1.23 bits per heavy atom. The van der Waals surface area contributed by atoms with E-state index in [1.54, 1.807) is 6.07 Å². The van der Waals surface area contributed by atoms with Crippen molar-refractivity contribution < 1.29 is 13.2 Å². The van der Waals surface area contributed by atoms with Crippen LogP contribution in [0.2, 0.25) is 5.02 Å². The number of sulfone groups is 1. The Balaban J connectivity index is 1.75. The molecule has 1 aromatic carbocycles. The zero-order chi connectivity index (χ0) is 18.9. The number of hydrogen-bond acceptors (Lipinski definition) is 6. The van der Waals surface area contributed by atoms with Crippen LogP contribution in [-0.2, 0) is 9.84 Å². The van der Waals surface area contributed by atoms with E-state index in [9.17, 15) is 13.2 Å². The first-order valence-electron chi connectivity index (χ1n) is 8.10. The van der Waals surface area contributed by atoms with E-state index in [-0.39, 0.29) is 23.2 Å². The highest BCUT2D eigenvalue weighted by Gasteiger charge is 2.28. The van der Waals surface area contributed by atoms with E-state index in [1.165, 1.54) is 12.4 Å². The minimum Gasteiger partial charge on any atom is -0.366 e. The molecular weight excluding hydrogens is 376 g/mol. The van der Waals surface area contributed by atoms with Gasteiger partial charge in [-0.05, 0) is 37.5 Å². The fourth-order valence-electron chi connectivity index (χ4n) is 2.93. The van der Waals surface area contributed by atoms with Gasteiger partial charge in [-0.15, -0.1) is 0 Å². The summed E-state index contributed by atoms with van der Waals surface area (Å²) >= 11 is 6.22. The Hall–Kier alpha value is -2.19. The molecule has 1 unspecified atom stereocenters. The number of hydrogen-bond donors (Lipinski definition) is 2. The predicted molar refractivity (Wildman–Crippen MR) is 102 cm³/mol. The van der Waals surface area contributed by atoms with Crippen molar-refractivity contribution in [2.24, 2.45) is 0 Å². The molecule has 0 spiro atoms. The number of halogens is 1. The Morgan fingerprint density at radius 3 is 2.65 bits per heavy atom. The summed E-state index contributed by atoms with van der Waals surface area (Å²) in [5.41, 5.74) is 2.56. The molecule has 1 amide bonds. The van der Waals surface area contributed by atoms with Gasteiger partial charge in [0.2, 0.25) is 0 Å². The maximum Gasteiger partial charge on any atom is 0.274 e. The van der Waals surface area contributed by atoms with Crippen molar-refractivity contribution in [1.82, 2.24) is 9.97 Å². The third-order valence-corrected chi connectivity index (χ3v) is 6.22. The summed E-state index contributed by atoms with van der Waals surface area (Å²) in [6.07, 6.45) is 1.79. The second-order valence-corrected chi connectivity index (χ2v) is 9.06. The predicted octanol–water partition coefficient (Wildman–Crippen LogP) is 2.60. The van der Waals surface area contributed by atoms with E-state index in [2.05, 4.69) is 20.6 Å². The molecule has 1 aliphatic heterocycles. The van der Waals surface area contributed by atoms with Crippen molar-refractivity contribution in [1.29, 1.82) is 0 Å². The topological polar surface area (TPSA) is 101 Å². The second kappa shape index (κ2) is 7.20. The number of rotatable bonds is 4. The number of carbonyl (C=O) groups is 1. The zero-order valence-electron chi connectivity index (χ0n) is 14.4. The molecule has 7 nitrogen and oxygen atoms in total. The maximum atomic E-state index is 12.5. The fourth-order valence-corrected chi connectivity index (χ4v) is 4.97. The fraction of sp³-hybridized carbons (Fsp3) is 0.353. The van der Waals surface area contributed by atoms with Gasteiger partial charge in [0.1, 0.15) is 17.8 Å². The summed E-state index contributed by atoms with van der Waals surface area (Å²) in [6, 6.07) is 4.99. The normalized spacial score (nSPS) is 18.5. The van der Waals surface area contributed by atoms with E-state index in [4.69, 9.17) is 11.6 Å². The van der Waals surface area contributed by atoms with Crippen molar-refractivity contribution in [3.05, 3.63) is 46.4 Å². The average Bonchev–Trinajstić information content (AvgIpc) is 2.89. The lowest BCUT2D eigenvalue weighted by Crippen LogP contribution is -2.22. The van der Waals surface area contributed by atoms with Gasteiger partial charge in [-0.2, -0.15) is 0 Å². The van der Waals surface area contributed by atoms with Crippen LogP contribution >= 0.6 is 11.6 Å². The standard InChI is InChI=1S/C17H19ClN4O3S/c1-10-5-11(2)16(13(18)6-10)22-17(23)14-7-15(20-9-19-14)21-12-3-4-26(24,25)8-12/h5-7,9,12H,3-4,8H2,1-2H3,(H,22,23)(H,19,20,21). The van der Waals surface area contributed by atoms with Crippen molar-refractivity contribution >= 4 is 38.9 Å². The quantitative estimate of drug-likeness (QED) is 0.826. The summed E-state index contributed by atoms with van der Waals surface area (Å²) in [7, 11) is -3.00. The number of aromatic nitrogens is 2. The zero-order valence-corrected chi connectivity index (χ0v) is 16.0. The number of nitrogens with one attached hydrogen (secondary N) is 2. The van der Waals surface area contributed by atoms with E-state index >= 15 is 0 Å². The van der Waals surface area contributed by atoms with Crippen LogP contribution in [0.25, 0.3) is 0 Å². The first-order chi connectivity index (χ1) is 12.2. The number of amides is 1. The van der Waals surface area contributed by atoms with Gasteiger partial charge >= 0.3 is 0 Å². The first-order valence-corrected chi connectivity index (χ1v) is 10.3. The molecule has 2 aromatic rings. The van der Waals surface area contributed by atoms with Crippen LogP contribution in [0.5, 0.6) is 0 Å². The van der Waals surface area contributed by atoms with Crippen LogP contribution in [0, 0.1) is 13.8 Å². The number of carbonyl (C=O) groups excluding carboxylic acids is 1. The van der Waals surface area contributed by atoms with E-state index in [0.717, 1.165) is 11.1 Å². The molecule has 0 radical (unpaired) electrons. The summed E-state index contributed by atoms with van der Waals surface area (Å²) in [5.74, 6) is 0.229. The minimum atomic E-state index is -3.00. The van der Waals surface area contributed by atoms with Gasteiger partial charge in [0.05, 0.1) is 22.2 Å². The van der Waals surface area contributed by atoms with Crippen LogP contribution in [0.4, 0.5) is 11.5 Å². The number of benzene rings is 1. The summed E-state index contributed by atoms with van der Waals surface area (Å²) in [4.78, 5) is 20.6. The Morgan fingerprint density at radius 2 is 2.00 bits per heavy atom. The highest BCUT2D eigenvalue weighted by atomic mass is 35.5. The molecule has 1 aliphatic rings. The summed E-state index contributed by atoms with van der Waals surface area (Å²) in [6.45, 7) is 3.79. The number of aryl methyl sites for hydroxylation is 2. The van der Waals surface area contributed by atoms with E-state index in [0.29, 0.717) is 22.9 Å². The molecule has 1 atom stereocenters. The Kier molecular flexibility index (Phi) is 5.15. The van der Waals surface area contributed by atoms with Crippen molar-refractivity contribution in [3.63, 3.8) is 0 Å². The van der Waals surface area contributed by atoms with Crippen LogP contribution < -0.4 is 10.6 Å². The van der Waals surface area contributed by atoms with Gasteiger partial charge in [0, 0.05) is 12.1 Å². The van der Waals surface area contributed by atoms with Gasteiger partial charge in [-0.3, -0.25) is 4.79 Å². The number of anilines is 2. The monoisotopic (exact) mass is 394 g/mol. The van der Waals surface area contributed by atoms with Crippen LogP contribution in [-0.4, -0.2) is 41.8 Å². The Bertz CT molecular complexity index is 939. The van der Waals surface area contributed by atoms with E-state index < -0.39 is 15.7 Å².